The molecule has 0 bridgehead atoms. The summed E-state index contributed by atoms with van der Waals surface area (Å²) >= 11 is 0. The van der Waals surface area contributed by atoms with Crippen LogP contribution in [0.25, 0.3) is 0 Å². The maximum absolute atomic E-state index is 11.1. The number of hydrogen-bond acceptors (Lipinski definition) is 3. The van der Waals surface area contributed by atoms with E-state index in [4.69, 9.17) is 9.84 Å². The second-order valence-electron chi connectivity index (χ2n) is 2.81. The van der Waals surface area contributed by atoms with Gasteiger partial charge in [0, 0.05) is 0 Å². The fourth-order valence-electron chi connectivity index (χ4n) is 0.805. The van der Waals surface area contributed by atoms with E-state index >= 15 is 0 Å². The number of carbonyl (C=O) groups is 1. The van der Waals surface area contributed by atoms with Gasteiger partial charge in [-0.1, -0.05) is 20.3 Å². The van der Waals surface area contributed by atoms with E-state index in [-0.39, 0.29) is 18.5 Å². The van der Waals surface area contributed by atoms with Gasteiger partial charge in [0.15, 0.2) is 0 Å². The van der Waals surface area contributed by atoms with Crippen molar-refractivity contribution in [2.45, 2.75) is 33.1 Å². The number of ether oxygens (including phenoxy) is 1. The summed E-state index contributed by atoms with van der Waals surface area (Å²) in [5.74, 6) is -0.602. The van der Waals surface area contributed by atoms with Crippen molar-refractivity contribution in [1.82, 2.24) is 0 Å². The number of aliphatic hydroxyl groups excluding tert-OH is 1. The van der Waals surface area contributed by atoms with E-state index < -0.39 is 0 Å². The first-order chi connectivity index (χ1) is 5.76. The van der Waals surface area contributed by atoms with Gasteiger partial charge < -0.3 is 9.84 Å². The van der Waals surface area contributed by atoms with Gasteiger partial charge in [-0.05, 0) is 12.8 Å². The first-order valence-corrected chi connectivity index (χ1v) is 4.53. The molecule has 0 radical (unpaired) electrons. The predicted octanol–water partition coefficient (Wildman–Crippen LogP) is 1.35. The molecule has 0 aromatic rings. The number of carbonyl (C=O) groups excluding carboxylic acids is 1. The normalized spacial score (nSPS) is 12.6. The summed E-state index contributed by atoms with van der Waals surface area (Å²) in [5.41, 5.74) is 0. The molecule has 1 atom stereocenters. The van der Waals surface area contributed by atoms with Crippen LogP contribution in [-0.4, -0.2) is 24.3 Å². The van der Waals surface area contributed by atoms with Crippen LogP contribution in [0.5, 0.6) is 0 Å². The van der Waals surface area contributed by atoms with E-state index in [1.165, 1.54) is 0 Å². The number of hydrogen-bond donors (Lipinski definition) is 1. The molecule has 0 saturated heterocycles. The highest BCUT2D eigenvalue weighted by Gasteiger charge is 2.15. The molecule has 72 valence electrons. The minimum atomic E-state index is -0.332. The molecule has 0 aliphatic carbocycles. The lowest BCUT2D eigenvalue weighted by atomic mass is 10.1. The molecule has 0 aliphatic heterocycles. The fourth-order valence-corrected chi connectivity index (χ4v) is 0.805. The third-order valence-electron chi connectivity index (χ3n) is 1.79. The Balaban J connectivity index is 3.54. The van der Waals surface area contributed by atoms with Crippen molar-refractivity contribution in [2.75, 3.05) is 13.2 Å². The van der Waals surface area contributed by atoms with Gasteiger partial charge in [0.25, 0.3) is 0 Å². The molecule has 0 spiro atoms. The van der Waals surface area contributed by atoms with Crippen LogP contribution in [0.4, 0.5) is 0 Å². The minimum absolute atomic E-state index is 0.110. The van der Waals surface area contributed by atoms with E-state index in [9.17, 15) is 4.79 Å². The molecule has 0 aliphatic rings. The zero-order chi connectivity index (χ0) is 9.40. The van der Waals surface area contributed by atoms with Gasteiger partial charge in [0.2, 0.25) is 0 Å². The average molecular weight is 174 g/mol. The maximum Gasteiger partial charge on any atom is 0.311 e. The first-order valence-electron chi connectivity index (χ1n) is 4.53. The Bertz CT molecular complexity index is 119. The number of unbranched alkanes of at least 4 members (excludes halogenated alkanes) is 1. The zero-order valence-electron chi connectivity index (χ0n) is 7.88. The molecule has 1 unspecified atom stereocenters. The summed E-state index contributed by atoms with van der Waals surface area (Å²) in [6, 6.07) is 0. The largest absolute Gasteiger partial charge is 0.465 e. The smallest absolute Gasteiger partial charge is 0.311 e. The van der Waals surface area contributed by atoms with Gasteiger partial charge in [-0.3, -0.25) is 4.79 Å². The number of aliphatic hydroxyl groups is 1. The van der Waals surface area contributed by atoms with Gasteiger partial charge in [-0.2, -0.15) is 0 Å². The van der Waals surface area contributed by atoms with E-state index in [0.717, 1.165) is 12.8 Å². The Morgan fingerprint density at radius 3 is 2.58 bits per heavy atom. The molecule has 12 heavy (non-hydrogen) atoms. The quantitative estimate of drug-likeness (QED) is 0.488. The Kier molecular flexibility index (Phi) is 6.76. The molecular formula is C9H18O3. The molecule has 0 heterocycles. The monoisotopic (exact) mass is 174 g/mol. The standard InChI is InChI=1S/C9H18O3/c1-3-5-6-12-9(11)8(4-2)7-10/h8,10H,3-7H2,1-2H3. The zero-order valence-corrected chi connectivity index (χ0v) is 7.88. The van der Waals surface area contributed by atoms with Crippen LogP contribution in [-0.2, 0) is 9.53 Å². The molecule has 3 heteroatoms. The van der Waals surface area contributed by atoms with Crippen molar-refractivity contribution in [3.8, 4) is 0 Å². The topological polar surface area (TPSA) is 46.5 Å². The van der Waals surface area contributed by atoms with Crippen LogP contribution in [0.2, 0.25) is 0 Å². The van der Waals surface area contributed by atoms with Gasteiger partial charge in [-0.15, -0.1) is 0 Å². The fraction of sp³-hybridized carbons (Fsp3) is 0.889. The van der Waals surface area contributed by atoms with Gasteiger partial charge in [0.05, 0.1) is 19.1 Å². The lowest BCUT2D eigenvalue weighted by Crippen LogP contribution is -2.20. The Morgan fingerprint density at radius 1 is 1.50 bits per heavy atom. The molecule has 0 rings (SSSR count). The van der Waals surface area contributed by atoms with E-state index in [1.54, 1.807) is 0 Å². The van der Waals surface area contributed by atoms with Crippen LogP contribution in [0.1, 0.15) is 33.1 Å². The Morgan fingerprint density at radius 2 is 2.17 bits per heavy atom. The van der Waals surface area contributed by atoms with Crippen molar-refractivity contribution in [1.29, 1.82) is 0 Å². The van der Waals surface area contributed by atoms with E-state index in [2.05, 4.69) is 0 Å². The third kappa shape index (κ3) is 4.34. The Hall–Kier alpha value is -0.570. The maximum atomic E-state index is 11.1. The molecule has 0 aromatic heterocycles. The molecule has 3 nitrogen and oxygen atoms in total. The summed E-state index contributed by atoms with van der Waals surface area (Å²) < 4.78 is 4.93. The first kappa shape index (κ1) is 11.4. The summed E-state index contributed by atoms with van der Waals surface area (Å²) in [6.45, 7) is 4.27. The van der Waals surface area contributed by atoms with Crippen LogP contribution in [0, 0.1) is 5.92 Å². The number of rotatable bonds is 6. The predicted molar refractivity (Wildman–Crippen MR) is 46.7 cm³/mol. The highest BCUT2D eigenvalue weighted by Crippen LogP contribution is 2.04. The van der Waals surface area contributed by atoms with Crippen LogP contribution >= 0.6 is 0 Å². The molecular weight excluding hydrogens is 156 g/mol. The Labute approximate surface area is 73.7 Å². The van der Waals surface area contributed by atoms with E-state index in [0.29, 0.717) is 13.0 Å². The summed E-state index contributed by atoms with van der Waals surface area (Å²) in [7, 11) is 0. The van der Waals surface area contributed by atoms with Crippen LogP contribution in [0.15, 0.2) is 0 Å². The highest BCUT2D eigenvalue weighted by molar-refractivity contribution is 5.72. The summed E-state index contributed by atoms with van der Waals surface area (Å²) in [4.78, 5) is 11.1. The lowest BCUT2D eigenvalue weighted by Gasteiger charge is -2.10. The highest BCUT2D eigenvalue weighted by atomic mass is 16.5. The molecule has 0 saturated carbocycles. The van der Waals surface area contributed by atoms with Gasteiger partial charge in [0.1, 0.15) is 0 Å². The van der Waals surface area contributed by atoms with Crippen molar-refractivity contribution in [2.24, 2.45) is 5.92 Å². The summed E-state index contributed by atoms with van der Waals surface area (Å²) in [6.07, 6.45) is 2.55. The molecule has 1 N–H and O–H groups in total. The molecule has 0 amide bonds. The van der Waals surface area contributed by atoms with E-state index in [1.807, 2.05) is 13.8 Å². The average Bonchev–Trinajstić information content (AvgIpc) is 2.07. The van der Waals surface area contributed by atoms with Crippen LogP contribution in [0.3, 0.4) is 0 Å². The minimum Gasteiger partial charge on any atom is -0.465 e. The van der Waals surface area contributed by atoms with Crippen molar-refractivity contribution < 1.29 is 14.6 Å². The molecule has 0 fully saturated rings. The third-order valence-corrected chi connectivity index (χ3v) is 1.79. The van der Waals surface area contributed by atoms with Gasteiger partial charge >= 0.3 is 5.97 Å². The van der Waals surface area contributed by atoms with Crippen LogP contribution < -0.4 is 0 Å². The van der Waals surface area contributed by atoms with Crippen molar-refractivity contribution in [3.63, 3.8) is 0 Å². The lowest BCUT2D eigenvalue weighted by molar-refractivity contribution is -0.150. The van der Waals surface area contributed by atoms with Gasteiger partial charge in [-0.25, -0.2) is 0 Å². The summed E-state index contributed by atoms with van der Waals surface area (Å²) in [5, 5.41) is 8.75. The second kappa shape index (κ2) is 7.10. The number of esters is 1. The SMILES string of the molecule is CCCCOC(=O)C(CC)CO. The van der Waals surface area contributed by atoms with Crippen molar-refractivity contribution >= 4 is 5.97 Å². The molecule has 0 aromatic carbocycles. The van der Waals surface area contributed by atoms with Crippen molar-refractivity contribution in [3.05, 3.63) is 0 Å². The second-order valence-corrected chi connectivity index (χ2v) is 2.81.